The van der Waals surface area contributed by atoms with Crippen LogP contribution in [-0.4, -0.2) is 24.8 Å². The molecule has 0 aromatic rings. The Hall–Kier alpha value is -0.670. The Bertz CT molecular complexity index is 485. The van der Waals surface area contributed by atoms with Gasteiger partial charge in [0, 0.05) is 11.3 Å². The van der Waals surface area contributed by atoms with Crippen molar-refractivity contribution in [2.75, 3.05) is 13.2 Å². The van der Waals surface area contributed by atoms with Gasteiger partial charge in [-0.25, -0.2) is 0 Å². The second-order valence-electron chi connectivity index (χ2n) is 8.19. The predicted molar refractivity (Wildman–Crippen MR) is 81.9 cm³/mol. The van der Waals surface area contributed by atoms with Crippen molar-refractivity contribution in [3.8, 4) is 0 Å². The maximum absolute atomic E-state index is 12.6. The topological polar surface area (TPSA) is 35.5 Å². The summed E-state index contributed by atoms with van der Waals surface area (Å²) in [6.07, 6.45) is 4.08. The average Bonchev–Trinajstić information content (AvgIpc) is 3.14. The minimum absolute atomic E-state index is 0.0712. The third-order valence-electron chi connectivity index (χ3n) is 5.48. The van der Waals surface area contributed by atoms with Crippen molar-refractivity contribution in [3.63, 3.8) is 0 Å². The van der Waals surface area contributed by atoms with E-state index in [2.05, 4.69) is 6.92 Å². The number of ketones is 1. The molecule has 0 radical (unpaired) electrons. The van der Waals surface area contributed by atoms with Crippen LogP contribution in [0.15, 0.2) is 11.1 Å². The van der Waals surface area contributed by atoms with E-state index in [-0.39, 0.29) is 16.7 Å². The highest BCUT2D eigenvalue weighted by atomic mass is 16.7. The Labute approximate surface area is 128 Å². The van der Waals surface area contributed by atoms with Crippen LogP contribution in [0.25, 0.3) is 0 Å². The molecule has 2 fully saturated rings. The van der Waals surface area contributed by atoms with Crippen molar-refractivity contribution >= 4 is 5.78 Å². The number of rotatable bonds is 3. The van der Waals surface area contributed by atoms with Gasteiger partial charge in [0.15, 0.2) is 5.79 Å². The number of ether oxygens (including phenoxy) is 2. The Morgan fingerprint density at radius 1 is 1.10 bits per heavy atom. The van der Waals surface area contributed by atoms with Gasteiger partial charge in [0.25, 0.3) is 0 Å². The lowest BCUT2D eigenvalue weighted by atomic mass is 9.79. The number of carbonyl (C=O) groups is 1. The molecule has 3 rings (SSSR count). The number of carbonyl (C=O) groups excluding carboxylic acids is 1. The summed E-state index contributed by atoms with van der Waals surface area (Å²) in [5.74, 6) is 0.0986. The van der Waals surface area contributed by atoms with Crippen molar-refractivity contribution in [3.05, 3.63) is 11.1 Å². The van der Waals surface area contributed by atoms with E-state index in [1.165, 1.54) is 11.1 Å². The molecule has 0 atom stereocenters. The zero-order valence-corrected chi connectivity index (χ0v) is 14.0. The van der Waals surface area contributed by atoms with Crippen molar-refractivity contribution in [1.29, 1.82) is 0 Å². The van der Waals surface area contributed by atoms with Gasteiger partial charge in [-0.05, 0) is 46.5 Å². The van der Waals surface area contributed by atoms with Crippen LogP contribution >= 0.6 is 0 Å². The number of hydrogen-bond donors (Lipinski definition) is 0. The summed E-state index contributed by atoms with van der Waals surface area (Å²) in [5, 5.41) is 0. The molecule has 0 bridgehead atoms. The third-order valence-corrected chi connectivity index (χ3v) is 5.48. The molecule has 118 valence electrons. The highest BCUT2D eigenvalue weighted by molar-refractivity contribution is 5.92. The molecule has 3 heteroatoms. The molecule has 1 saturated carbocycles. The fourth-order valence-corrected chi connectivity index (χ4v) is 4.15. The molecular weight excluding hydrogens is 264 g/mol. The molecule has 2 aliphatic carbocycles. The highest BCUT2D eigenvalue weighted by Gasteiger charge is 2.57. The highest BCUT2D eigenvalue weighted by Crippen LogP contribution is 2.61. The van der Waals surface area contributed by atoms with Gasteiger partial charge in [0.05, 0.1) is 18.6 Å². The van der Waals surface area contributed by atoms with Gasteiger partial charge in [-0.2, -0.15) is 0 Å². The molecule has 3 nitrogen and oxygen atoms in total. The van der Waals surface area contributed by atoms with E-state index in [1.54, 1.807) is 0 Å². The standard InChI is InChI=1S/C18H28O3/c1-12(2)15(19)18(6-7-18)14-9-17(8-13(14)3)10-20-16(4,5)21-11-17/h12H,6-11H2,1-5H3. The zero-order valence-electron chi connectivity index (χ0n) is 14.0. The van der Waals surface area contributed by atoms with Gasteiger partial charge in [-0.1, -0.05) is 25.0 Å². The Kier molecular flexibility index (Phi) is 3.38. The fraction of sp³-hybridized carbons (Fsp3) is 0.833. The normalized spacial score (nSPS) is 29.2. The SMILES string of the molecule is CC1=C(C2(C(=O)C(C)C)CC2)CC2(COC(C)(C)OC2)C1. The monoisotopic (exact) mass is 292 g/mol. The fourth-order valence-electron chi connectivity index (χ4n) is 4.15. The molecule has 0 N–H and O–H groups in total. The summed E-state index contributed by atoms with van der Waals surface area (Å²) in [5.41, 5.74) is 2.76. The maximum Gasteiger partial charge on any atom is 0.162 e. The lowest BCUT2D eigenvalue weighted by Crippen LogP contribution is -2.45. The van der Waals surface area contributed by atoms with Crippen LogP contribution in [0.3, 0.4) is 0 Å². The number of hydrogen-bond acceptors (Lipinski definition) is 3. The minimum Gasteiger partial charge on any atom is -0.350 e. The Morgan fingerprint density at radius 2 is 1.67 bits per heavy atom. The van der Waals surface area contributed by atoms with Gasteiger partial charge in [0.2, 0.25) is 0 Å². The zero-order chi connectivity index (χ0) is 15.5. The van der Waals surface area contributed by atoms with Crippen LogP contribution in [0, 0.1) is 16.7 Å². The van der Waals surface area contributed by atoms with E-state index in [9.17, 15) is 4.79 Å². The first kappa shape index (κ1) is 15.2. The minimum atomic E-state index is -0.465. The summed E-state index contributed by atoms with van der Waals surface area (Å²) in [4.78, 5) is 12.6. The molecule has 1 heterocycles. The van der Waals surface area contributed by atoms with Crippen LogP contribution < -0.4 is 0 Å². The maximum atomic E-state index is 12.6. The van der Waals surface area contributed by atoms with Crippen molar-refractivity contribution in [2.24, 2.45) is 16.7 Å². The van der Waals surface area contributed by atoms with Gasteiger partial charge in [0.1, 0.15) is 5.78 Å². The molecule has 0 aromatic carbocycles. The first-order valence-electron chi connectivity index (χ1n) is 8.21. The van der Waals surface area contributed by atoms with E-state index in [0.29, 0.717) is 5.78 Å². The van der Waals surface area contributed by atoms with Gasteiger partial charge in [-0.3, -0.25) is 4.79 Å². The first-order chi connectivity index (χ1) is 9.70. The van der Waals surface area contributed by atoms with Crippen LogP contribution in [0.1, 0.15) is 60.3 Å². The van der Waals surface area contributed by atoms with Gasteiger partial charge >= 0.3 is 0 Å². The Balaban J connectivity index is 1.78. The molecule has 3 aliphatic rings. The van der Waals surface area contributed by atoms with Gasteiger partial charge < -0.3 is 9.47 Å². The lowest BCUT2D eigenvalue weighted by molar-refractivity contribution is -0.283. The smallest absolute Gasteiger partial charge is 0.162 e. The predicted octanol–water partition coefficient (Wildman–Crippen LogP) is 3.87. The van der Waals surface area contributed by atoms with Gasteiger partial charge in [-0.15, -0.1) is 0 Å². The van der Waals surface area contributed by atoms with Crippen LogP contribution in [0.2, 0.25) is 0 Å². The van der Waals surface area contributed by atoms with Crippen LogP contribution in [-0.2, 0) is 14.3 Å². The molecule has 1 aliphatic heterocycles. The van der Waals surface area contributed by atoms with Crippen LogP contribution in [0.5, 0.6) is 0 Å². The first-order valence-corrected chi connectivity index (χ1v) is 8.21. The summed E-state index contributed by atoms with van der Waals surface area (Å²) < 4.78 is 11.8. The summed E-state index contributed by atoms with van der Waals surface area (Å²) in [7, 11) is 0. The molecule has 0 unspecified atom stereocenters. The number of allylic oxidation sites excluding steroid dienone is 2. The quantitative estimate of drug-likeness (QED) is 0.741. The lowest BCUT2D eigenvalue weighted by Gasteiger charge is -2.42. The van der Waals surface area contributed by atoms with Crippen molar-refractivity contribution in [1.82, 2.24) is 0 Å². The Morgan fingerprint density at radius 3 is 2.14 bits per heavy atom. The molecule has 0 aromatic heterocycles. The molecule has 21 heavy (non-hydrogen) atoms. The second-order valence-corrected chi connectivity index (χ2v) is 8.19. The van der Waals surface area contributed by atoms with E-state index in [4.69, 9.17) is 9.47 Å². The summed E-state index contributed by atoms with van der Waals surface area (Å²) >= 11 is 0. The van der Waals surface area contributed by atoms with Crippen LogP contribution in [0.4, 0.5) is 0 Å². The second kappa shape index (κ2) is 4.66. The number of Topliss-reactive ketones (excluding diaryl/α,β-unsaturated/α-hetero) is 1. The van der Waals surface area contributed by atoms with E-state index in [1.807, 2.05) is 27.7 Å². The molecular formula is C18H28O3. The summed E-state index contributed by atoms with van der Waals surface area (Å²) in [6, 6.07) is 0. The molecule has 1 spiro atoms. The third kappa shape index (κ3) is 2.49. The van der Waals surface area contributed by atoms with E-state index in [0.717, 1.165) is 38.9 Å². The average molecular weight is 292 g/mol. The van der Waals surface area contributed by atoms with Crippen molar-refractivity contribution in [2.45, 2.75) is 66.1 Å². The van der Waals surface area contributed by atoms with Crippen molar-refractivity contribution < 1.29 is 14.3 Å². The molecule has 0 amide bonds. The molecule has 1 saturated heterocycles. The largest absolute Gasteiger partial charge is 0.350 e. The van der Waals surface area contributed by atoms with E-state index >= 15 is 0 Å². The van der Waals surface area contributed by atoms with E-state index < -0.39 is 5.79 Å². The summed E-state index contributed by atoms with van der Waals surface area (Å²) in [6.45, 7) is 11.7.